The largest absolute Gasteiger partial charge is 0.497 e. The summed E-state index contributed by atoms with van der Waals surface area (Å²) >= 11 is 0. The SMILES string of the molecule is COc1ccc(NC(=O)/C(C#N)=C/c2cc(C)n(-c3cccc(C)c3)c2C)cc1. The van der Waals surface area contributed by atoms with Crippen LogP contribution in [0.1, 0.15) is 22.5 Å². The number of benzene rings is 2. The normalized spacial score (nSPS) is 11.1. The van der Waals surface area contributed by atoms with Gasteiger partial charge in [0.15, 0.2) is 0 Å². The summed E-state index contributed by atoms with van der Waals surface area (Å²) in [6.45, 7) is 6.05. The Bertz CT molecular complexity index is 1120. The number of nitrogens with one attached hydrogen (secondary N) is 1. The number of nitriles is 1. The Labute approximate surface area is 170 Å². The Kier molecular flexibility index (Phi) is 5.85. The fourth-order valence-electron chi connectivity index (χ4n) is 3.27. The number of methoxy groups -OCH3 is 1. The van der Waals surface area contributed by atoms with E-state index in [4.69, 9.17) is 4.74 Å². The topological polar surface area (TPSA) is 67.0 Å². The molecule has 0 radical (unpaired) electrons. The van der Waals surface area contributed by atoms with E-state index in [1.807, 2.05) is 38.1 Å². The van der Waals surface area contributed by atoms with Crippen molar-refractivity contribution in [3.63, 3.8) is 0 Å². The molecule has 1 N–H and O–H groups in total. The van der Waals surface area contributed by atoms with E-state index in [2.05, 4.69) is 28.9 Å². The first-order valence-corrected chi connectivity index (χ1v) is 9.26. The summed E-state index contributed by atoms with van der Waals surface area (Å²) in [5.41, 5.74) is 5.72. The average molecular weight is 385 g/mol. The van der Waals surface area contributed by atoms with E-state index in [1.54, 1.807) is 37.5 Å². The number of ether oxygens (including phenoxy) is 1. The minimum absolute atomic E-state index is 0.0466. The van der Waals surface area contributed by atoms with Crippen LogP contribution in [0.15, 0.2) is 60.2 Å². The van der Waals surface area contributed by atoms with Crippen molar-refractivity contribution in [2.45, 2.75) is 20.8 Å². The maximum atomic E-state index is 12.6. The highest BCUT2D eigenvalue weighted by Crippen LogP contribution is 2.24. The number of aromatic nitrogens is 1. The number of anilines is 1. The smallest absolute Gasteiger partial charge is 0.266 e. The van der Waals surface area contributed by atoms with Gasteiger partial charge in [0.1, 0.15) is 17.4 Å². The van der Waals surface area contributed by atoms with Gasteiger partial charge in [-0.1, -0.05) is 12.1 Å². The van der Waals surface area contributed by atoms with Crippen LogP contribution in [0.5, 0.6) is 5.75 Å². The molecule has 0 aliphatic heterocycles. The molecular formula is C24H23N3O2. The summed E-state index contributed by atoms with van der Waals surface area (Å²) in [7, 11) is 1.58. The Morgan fingerprint density at radius 1 is 1.10 bits per heavy atom. The van der Waals surface area contributed by atoms with Gasteiger partial charge in [-0.2, -0.15) is 5.26 Å². The molecule has 146 valence electrons. The van der Waals surface area contributed by atoms with E-state index in [-0.39, 0.29) is 5.57 Å². The number of amides is 1. The van der Waals surface area contributed by atoms with Crippen molar-refractivity contribution < 1.29 is 9.53 Å². The Hall–Kier alpha value is -3.78. The Morgan fingerprint density at radius 3 is 2.45 bits per heavy atom. The molecule has 1 aromatic heterocycles. The summed E-state index contributed by atoms with van der Waals surface area (Å²) < 4.78 is 7.23. The molecule has 29 heavy (non-hydrogen) atoms. The lowest BCUT2D eigenvalue weighted by Crippen LogP contribution is -2.13. The van der Waals surface area contributed by atoms with Crippen LogP contribution in [0, 0.1) is 32.1 Å². The summed E-state index contributed by atoms with van der Waals surface area (Å²) in [4.78, 5) is 12.6. The van der Waals surface area contributed by atoms with Crippen LogP contribution in [0.4, 0.5) is 5.69 Å². The van der Waals surface area contributed by atoms with Gasteiger partial charge in [-0.3, -0.25) is 4.79 Å². The van der Waals surface area contributed by atoms with Gasteiger partial charge in [0, 0.05) is 22.8 Å². The van der Waals surface area contributed by atoms with Crippen molar-refractivity contribution >= 4 is 17.7 Å². The first-order chi connectivity index (χ1) is 13.9. The van der Waals surface area contributed by atoms with E-state index in [9.17, 15) is 10.1 Å². The zero-order valence-electron chi connectivity index (χ0n) is 17.0. The Morgan fingerprint density at radius 2 is 1.83 bits per heavy atom. The molecule has 0 spiro atoms. The molecule has 0 bridgehead atoms. The fourth-order valence-corrected chi connectivity index (χ4v) is 3.27. The molecule has 1 heterocycles. The molecule has 3 rings (SSSR count). The van der Waals surface area contributed by atoms with Crippen LogP contribution in [0.25, 0.3) is 11.8 Å². The lowest BCUT2D eigenvalue weighted by molar-refractivity contribution is -0.112. The highest BCUT2D eigenvalue weighted by molar-refractivity contribution is 6.09. The number of carbonyl (C=O) groups excluding carboxylic acids is 1. The predicted octanol–water partition coefficient (Wildman–Crippen LogP) is 4.96. The maximum absolute atomic E-state index is 12.6. The van der Waals surface area contributed by atoms with Gasteiger partial charge in [-0.15, -0.1) is 0 Å². The van der Waals surface area contributed by atoms with Crippen molar-refractivity contribution in [3.05, 3.63) is 82.7 Å². The van der Waals surface area contributed by atoms with Crippen molar-refractivity contribution in [1.29, 1.82) is 5.26 Å². The van der Waals surface area contributed by atoms with Crippen molar-refractivity contribution in [1.82, 2.24) is 4.57 Å². The third-order valence-electron chi connectivity index (χ3n) is 4.74. The molecule has 0 aliphatic rings. The van der Waals surface area contributed by atoms with Gasteiger partial charge in [0.05, 0.1) is 7.11 Å². The molecular weight excluding hydrogens is 362 g/mol. The quantitative estimate of drug-likeness (QED) is 0.499. The van der Waals surface area contributed by atoms with Gasteiger partial charge in [0.2, 0.25) is 0 Å². The zero-order chi connectivity index (χ0) is 21.0. The van der Waals surface area contributed by atoms with Crippen LogP contribution in [0.2, 0.25) is 0 Å². The van der Waals surface area contributed by atoms with Crippen LogP contribution < -0.4 is 10.1 Å². The number of hydrogen-bond donors (Lipinski definition) is 1. The molecule has 0 saturated carbocycles. The highest BCUT2D eigenvalue weighted by Gasteiger charge is 2.14. The number of hydrogen-bond acceptors (Lipinski definition) is 3. The van der Waals surface area contributed by atoms with Gasteiger partial charge in [0.25, 0.3) is 5.91 Å². The molecule has 0 fully saturated rings. The van der Waals surface area contributed by atoms with Crippen molar-refractivity contribution in [2.75, 3.05) is 12.4 Å². The second-order valence-corrected chi connectivity index (χ2v) is 6.85. The molecule has 5 heteroatoms. The highest BCUT2D eigenvalue weighted by atomic mass is 16.5. The van der Waals surface area contributed by atoms with Crippen molar-refractivity contribution in [3.8, 4) is 17.5 Å². The maximum Gasteiger partial charge on any atom is 0.266 e. The summed E-state index contributed by atoms with van der Waals surface area (Å²) in [5, 5.41) is 12.3. The molecule has 5 nitrogen and oxygen atoms in total. The second kappa shape index (κ2) is 8.49. The third kappa shape index (κ3) is 4.39. The molecule has 0 saturated heterocycles. The standard InChI is InChI=1S/C24H23N3O2/c1-16-6-5-7-22(12-16)27-17(2)13-19(18(27)3)14-20(15-25)24(28)26-21-8-10-23(29-4)11-9-21/h5-14H,1-4H3,(H,26,28)/b20-14+. The van der Waals surface area contributed by atoms with Crippen LogP contribution in [-0.2, 0) is 4.79 Å². The minimum atomic E-state index is -0.446. The number of carbonyl (C=O) groups is 1. The van der Waals surface area contributed by atoms with Crippen LogP contribution in [0.3, 0.4) is 0 Å². The lowest BCUT2D eigenvalue weighted by atomic mass is 10.1. The molecule has 2 aromatic carbocycles. The van der Waals surface area contributed by atoms with E-state index in [0.29, 0.717) is 11.4 Å². The second-order valence-electron chi connectivity index (χ2n) is 6.85. The fraction of sp³-hybridized carbons (Fsp3) is 0.167. The van der Waals surface area contributed by atoms with Crippen molar-refractivity contribution in [2.24, 2.45) is 0 Å². The molecule has 0 aliphatic carbocycles. The van der Waals surface area contributed by atoms with E-state index < -0.39 is 5.91 Å². The molecule has 1 amide bonds. The Balaban J connectivity index is 1.90. The molecule has 0 atom stereocenters. The first kappa shape index (κ1) is 20.0. The van der Waals surface area contributed by atoms with E-state index in [0.717, 1.165) is 22.6 Å². The van der Waals surface area contributed by atoms with E-state index in [1.165, 1.54) is 5.56 Å². The molecule has 0 unspecified atom stereocenters. The summed E-state index contributed by atoms with van der Waals surface area (Å²) in [6.07, 6.45) is 1.63. The van der Waals surface area contributed by atoms with Gasteiger partial charge < -0.3 is 14.6 Å². The zero-order valence-corrected chi connectivity index (χ0v) is 17.0. The number of aryl methyl sites for hydroxylation is 2. The third-order valence-corrected chi connectivity index (χ3v) is 4.74. The molecule has 3 aromatic rings. The van der Waals surface area contributed by atoms with Gasteiger partial charge in [-0.25, -0.2) is 0 Å². The van der Waals surface area contributed by atoms with Crippen LogP contribution >= 0.6 is 0 Å². The summed E-state index contributed by atoms with van der Waals surface area (Å²) in [6, 6.07) is 19.2. The lowest BCUT2D eigenvalue weighted by Gasteiger charge is -2.10. The average Bonchev–Trinajstić information content (AvgIpc) is 2.99. The predicted molar refractivity (Wildman–Crippen MR) is 115 cm³/mol. The monoisotopic (exact) mass is 385 g/mol. The number of nitrogens with zero attached hydrogens (tertiary/aromatic N) is 2. The van der Waals surface area contributed by atoms with Gasteiger partial charge in [-0.05, 0) is 80.4 Å². The summed E-state index contributed by atoms with van der Waals surface area (Å²) in [5.74, 6) is 0.251. The first-order valence-electron chi connectivity index (χ1n) is 9.26. The number of rotatable bonds is 5. The van der Waals surface area contributed by atoms with Gasteiger partial charge >= 0.3 is 0 Å². The van der Waals surface area contributed by atoms with E-state index >= 15 is 0 Å². The van der Waals surface area contributed by atoms with Crippen LogP contribution in [-0.4, -0.2) is 17.6 Å². The minimum Gasteiger partial charge on any atom is -0.497 e.